The minimum atomic E-state index is -0.0525. The molecule has 2 amide bonds. The quantitative estimate of drug-likeness (QED) is 0.689. The third-order valence-electron chi connectivity index (χ3n) is 7.16. The zero-order valence-electron chi connectivity index (χ0n) is 16.7. The van der Waals surface area contributed by atoms with Crippen molar-refractivity contribution in [3.63, 3.8) is 0 Å². The van der Waals surface area contributed by atoms with E-state index in [-0.39, 0.29) is 17.9 Å². The molecule has 3 aliphatic heterocycles. The third-order valence-corrected chi connectivity index (χ3v) is 7.16. The normalized spacial score (nSPS) is 35.8. The van der Waals surface area contributed by atoms with Crippen LogP contribution in [0.25, 0.3) is 0 Å². The van der Waals surface area contributed by atoms with Gasteiger partial charge >= 0.3 is 0 Å². The molecule has 3 heterocycles. The van der Waals surface area contributed by atoms with Gasteiger partial charge in [0.2, 0.25) is 11.8 Å². The summed E-state index contributed by atoms with van der Waals surface area (Å²) in [5, 5.41) is 3.15. The second-order valence-electron chi connectivity index (χ2n) is 9.42. The molecule has 4 atom stereocenters. The van der Waals surface area contributed by atoms with E-state index in [1.807, 2.05) is 4.90 Å². The van der Waals surface area contributed by atoms with Crippen LogP contribution in [0.3, 0.4) is 0 Å². The van der Waals surface area contributed by atoms with Crippen LogP contribution in [-0.4, -0.2) is 85.8 Å². The lowest BCUT2D eigenvalue weighted by atomic mass is 9.84. The van der Waals surface area contributed by atoms with Gasteiger partial charge < -0.3 is 19.7 Å². The molecule has 1 N–H and O–H groups in total. The Morgan fingerprint density at radius 1 is 1.04 bits per heavy atom. The Bertz CT molecular complexity index is 600. The van der Waals surface area contributed by atoms with E-state index < -0.39 is 0 Å². The molecular weight excluding hydrogens is 358 g/mol. The second kappa shape index (κ2) is 7.92. The minimum absolute atomic E-state index is 0.0525. The van der Waals surface area contributed by atoms with Crippen molar-refractivity contribution < 1.29 is 19.1 Å². The topological polar surface area (TPSA) is 71.1 Å². The molecule has 2 saturated carbocycles. The lowest BCUT2D eigenvalue weighted by molar-refractivity contribution is -0.138. The van der Waals surface area contributed by atoms with E-state index in [2.05, 4.69) is 10.2 Å². The molecule has 0 unspecified atom stereocenters. The molecule has 156 valence electrons. The van der Waals surface area contributed by atoms with Crippen molar-refractivity contribution in [3.05, 3.63) is 0 Å². The molecule has 0 radical (unpaired) electrons. The van der Waals surface area contributed by atoms with Crippen molar-refractivity contribution in [2.24, 2.45) is 17.8 Å². The number of hydrogen-bond acceptors (Lipinski definition) is 5. The molecule has 0 aromatic rings. The van der Waals surface area contributed by atoms with E-state index in [4.69, 9.17) is 9.47 Å². The van der Waals surface area contributed by atoms with Crippen LogP contribution in [0, 0.1) is 17.8 Å². The fourth-order valence-corrected chi connectivity index (χ4v) is 5.32. The van der Waals surface area contributed by atoms with Gasteiger partial charge in [-0.2, -0.15) is 0 Å². The molecule has 3 saturated heterocycles. The van der Waals surface area contributed by atoms with Gasteiger partial charge in [-0.05, 0) is 37.5 Å². The number of ether oxygens (including phenoxy) is 2. The van der Waals surface area contributed by atoms with Gasteiger partial charge in [0.25, 0.3) is 0 Å². The van der Waals surface area contributed by atoms with E-state index in [0.717, 1.165) is 31.8 Å². The first-order chi connectivity index (χ1) is 13.7. The molecule has 7 heteroatoms. The molecule has 5 aliphatic rings. The van der Waals surface area contributed by atoms with Gasteiger partial charge in [0.1, 0.15) is 0 Å². The zero-order valence-corrected chi connectivity index (χ0v) is 16.7. The summed E-state index contributed by atoms with van der Waals surface area (Å²) in [5.74, 6) is 1.79. The van der Waals surface area contributed by atoms with Gasteiger partial charge in [0, 0.05) is 50.6 Å². The Morgan fingerprint density at radius 3 is 2.54 bits per heavy atom. The highest BCUT2D eigenvalue weighted by molar-refractivity contribution is 5.78. The van der Waals surface area contributed by atoms with Crippen molar-refractivity contribution in [2.45, 2.75) is 56.7 Å². The molecule has 2 aliphatic carbocycles. The molecular formula is C21H33N3O4. The molecule has 28 heavy (non-hydrogen) atoms. The average molecular weight is 392 g/mol. The third kappa shape index (κ3) is 4.21. The standard InChI is InChI=1S/C21H33N3O4/c25-19(22-16-3-4-16)9-15-12-24(11-14-1-2-14)17-13-28-18(21(15)17)10-20(26)23-5-7-27-8-6-23/h14-18,21H,1-13H2,(H,22,25)/t15-,17-,18+,21-/m1/s1. The molecule has 5 fully saturated rings. The van der Waals surface area contributed by atoms with Crippen molar-refractivity contribution in [1.29, 1.82) is 0 Å². The molecule has 0 aromatic carbocycles. The molecule has 0 spiro atoms. The lowest BCUT2D eigenvalue weighted by Crippen LogP contribution is -2.43. The minimum Gasteiger partial charge on any atom is -0.378 e. The van der Waals surface area contributed by atoms with Gasteiger partial charge in [-0.25, -0.2) is 0 Å². The smallest absolute Gasteiger partial charge is 0.225 e. The number of nitrogens with zero attached hydrogens (tertiary/aromatic N) is 2. The first-order valence-corrected chi connectivity index (χ1v) is 11.2. The average Bonchev–Trinajstić information content (AvgIpc) is 3.60. The summed E-state index contributed by atoms with van der Waals surface area (Å²) in [6.45, 7) is 5.44. The van der Waals surface area contributed by atoms with Crippen LogP contribution in [0.4, 0.5) is 0 Å². The van der Waals surface area contributed by atoms with E-state index in [9.17, 15) is 9.59 Å². The SMILES string of the molecule is O=C(C[C@@H]1CN(CC2CC2)[C@@H]2CO[C@@H](CC(=O)N3CCOCC3)[C@H]12)NC1CC1. The van der Waals surface area contributed by atoms with Crippen molar-refractivity contribution in [2.75, 3.05) is 46.0 Å². The Balaban J connectivity index is 1.24. The van der Waals surface area contributed by atoms with Crippen LogP contribution in [0.15, 0.2) is 0 Å². The zero-order chi connectivity index (χ0) is 19.1. The lowest BCUT2D eigenvalue weighted by Gasteiger charge is -2.29. The molecule has 7 nitrogen and oxygen atoms in total. The van der Waals surface area contributed by atoms with Crippen LogP contribution < -0.4 is 5.32 Å². The maximum atomic E-state index is 12.8. The number of likely N-dealkylation sites (tertiary alicyclic amines) is 1. The first kappa shape index (κ1) is 18.8. The van der Waals surface area contributed by atoms with E-state index >= 15 is 0 Å². The summed E-state index contributed by atoms with van der Waals surface area (Å²) in [6.07, 6.45) is 5.87. The number of morpholine rings is 1. The number of rotatable bonds is 7. The summed E-state index contributed by atoms with van der Waals surface area (Å²) >= 11 is 0. The van der Waals surface area contributed by atoms with Crippen LogP contribution in [-0.2, 0) is 19.1 Å². The van der Waals surface area contributed by atoms with Crippen molar-refractivity contribution in [3.8, 4) is 0 Å². The van der Waals surface area contributed by atoms with Gasteiger partial charge in [0.05, 0.1) is 32.3 Å². The highest BCUT2D eigenvalue weighted by Crippen LogP contribution is 2.43. The number of amides is 2. The number of fused-ring (bicyclic) bond motifs is 1. The maximum Gasteiger partial charge on any atom is 0.225 e. The molecule has 0 bridgehead atoms. The number of carbonyl (C=O) groups excluding carboxylic acids is 2. The number of nitrogens with one attached hydrogen (secondary N) is 1. The predicted octanol–water partition coefficient (Wildman–Crippen LogP) is 0.629. The van der Waals surface area contributed by atoms with Gasteiger partial charge in [0.15, 0.2) is 0 Å². The van der Waals surface area contributed by atoms with Gasteiger partial charge in [-0.3, -0.25) is 14.5 Å². The monoisotopic (exact) mass is 391 g/mol. The van der Waals surface area contributed by atoms with Crippen LogP contribution >= 0.6 is 0 Å². The predicted molar refractivity (Wildman–Crippen MR) is 103 cm³/mol. The number of carbonyl (C=O) groups is 2. The maximum absolute atomic E-state index is 12.8. The van der Waals surface area contributed by atoms with Crippen molar-refractivity contribution in [1.82, 2.24) is 15.1 Å². The Labute approximate surface area is 167 Å². The van der Waals surface area contributed by atoms with Gasteiger partial charge in [-0.1, -0.05) is 0 Å². The largest absolute Gasteiger partial charge is 0.378 e. The van der Waals surface area contributed by atoms with Crippen LogP contribution in [0.5, 0.6) is 0 Å². The first-order valence-electron chi connectivity index (χ1n) is 11.2. The number of hydrogen-bond donors (Lipinski definition) is 1. The molecule has 5 rings (SSSR count). The summed E-state index contributed by atoms with van der Waals surface area (Å²) in [4.78, 5) is 29.8. The van der Waals surface area contributed by atoms with Gasteiger partial charge in [-0.15, -0.1) is 0 Å². The fourth-order valence-electron chi connectivity index (χ4n) is 5.32. The summed E-state index contributed by atoms with van der Waals surface area (Å²) in [6, 6.07) is 0.785. The Hall–Kier alpha value is -1.18. The van der Waals surface area contributed by atoms with E-state index in [1.165, 1.54) is 12.8 Å². The highest BCUT2D eigenvalue weighted by atomic mass is 16.5. The second-order valence-corrected chi connectivity index (χ2v) is 9.42. The highest BCUT2D eigenvalue weighted by Gasteiger charge is 2.52. The summed E-state index contributed by atoms with van der Waals surface area (Å²) in [5.41, 5.74) is 0. The Morgan fingerprint density at radius 2 is 1.82 bits per heavy atom. The van der Waals surface area contributed by atoms with Crippen molar-refractivity contribution >= 4 is 11.8 Å². The summed E-state index contributed by atoms with van der Waals surface area (Å²) < 4.78 is 11.5. The van der Waals surface area contributed by atoms with Crippen LogP contribution in [0.1, 0.15) is 38.5 Å². The summed E-state index contributed by atoms with van der Waals surface area (Å²) in [7, 11) is 0. The molecule has 0 aromatic heterocycles. The van der Waals surface area contributed by atoms with Crippen LogP contribution in [0.2, 0.25) is 0 Å². The van der Waals surface area contributed by atoms with E-state index in [1.54, 1.807) is 0 Å². The fraction of sp³-hybridized carbons (Fsp3) is 0.905. The Kier molecular flexibility index (Phi) is 5.32. The van der Waals surface area contributed by atoms with E-state index in [0.29, 0.717) is 69.7 Å².